The van der Waals surface area contributed by atoms with Crippen molar-refractivity contribution in [1.82, 2.24) is 29.0 Å². The summed E-state index contributed by atoms with van der Waals surface area (Å²) >= 11 is 0. The summed E-state index contributed by atoms with van der Waals surface area (Å²) in [6.45, 7) is 0.0183. The Kier molecular flexibility index (Phi) is 7.36. The van der Waals surface area contributed by atoms with E-state index < -0.39 is 46.2 Å². The topological polar surface area (TPSA) is 153 Å². The number of anilines is 1. The molecule has 1 fully saturated rings. The molecule has 1 aliphatic carbocycles. The molecule has 0 radical (unpaired) electrons. The predicted molar refractivity (Wildman–Crippen MR) is 123 cm³/mol. The van der Waals surface area contributed by atoms with Gasteiger partial charge in [-0.25, -0.2) is 9.97 Å². The summed E-state index contributed by atoms with van der Waals surface area (Å²) < 4.78 is 71.7. The Morgan fingerprint density at radius 2 is 2.08 bits per heavy atom. The van der Waals surface area contributed by atoms with Crippen LogP contribution in [-0.4, -0.2) is 68.9 Å². The van der Waals surface area contributed by atoms with Crippen LogP contribution in [0.3, 0.4) is 0 Å². The molecule has 12 nitrogen and oxygen atoms in total. The number of nitrogens with zero attached hydrogens (tertiary/aromatic N) is 5. The van der Waals surface area contributed by atoms with E-state index in [9.17, 15) is 31.5 Å². The third-order valence-corrected chi connectivity index (χ3v) is 6.85. The van der Waals surface area contributed by atoms with Crippen molar-refractivity contribution in [3.8, 4) is 0 Å². The lowest BCUT2D eigenvalue weighted by molar-refractivity contribution is -0.143. The van der Waals surface area contributed by atoms with Gasteiger partial charge in [-0.15, -0.1) is 0 Å². The summed E-state index contributed by atoms with van der Waals surface area (Å²) in [6.07, 6.45) is -0.701. The summed E-state index contributed by atoms with van der Waals surface area (Å²) in [5.41, 5.74) is -0.334. The Labute approximate surface area is 209 Å². The largest absolute Gasteiger partial charge is 0.433 e. The third kappa shape index (κ3) is 6.15. The van der Waals surface area contributed by atoms with E-state index in [1.54, 1.807) is 6.20 Å². The van der Waals surface area contributed by atoms with E-state index in [-0.39, 0.29) is 42.0 Å². The van der Waals surface area contributed by atoms with Crippen LogP contribution in [0.2, 0.25) is 0 Å². The van der Waals surface area contributed by atoms with Crippen LogP contribution in [0.5, 0.6) is 0 Å². The van der Waals surface area contributed by atoms with Crippen molar-refractivity contribution in [2.24, 2.45) is 7.05 Å². The molecule has 3 N–H and O–H groups in total. The van der Waals surface area contributed by atoms with Crippen LogP contribution in [0.25, 0.3) is 0 Å². The number of halogens is 3. The first-order valence-corrected chi connectivity index (χ1v) is 12.4. The number of aliphatic hydroxyl groups is 1. The van der Waals surface area contributed by atoms with Crippen LogP contribution in [0.1, 0.15) is 40.2 Å². The second-order valence-corrected chi connectivity index (χ2v) is 10.0. The monoisotopic (exact) mass is 543 g/mol. The molecule has 1 saturated carbocycles. The molecule has 0 unspecified atom stereocenters. The van der Waals surface area contributed by atoms with Gasteiger partial charge in [-0.2, -0.15) is 31.4 Å². The van der Waals surface area contributed by atoms with Crippen molar-refractivity contribution < 1.29 is 35.7 Å². The van der Waals surface area contributed by atoms with Gasteiger partial charge in [0.1, 0.15) is 23.9 Å². The number of ketones is 1. The van der Waals surface area contributed by atoms with Crippen LogP contribution >= 0.6 is 0 Å². The molecule has 3 aromatic heterocycles. The number of carbonyl (C=O) groups is 1. The van der Waals surface area contributed by atoms with Gasteiger partial charge in [0, 0.05) is 44.3 Å². The number of alkyl halides is 3. The van der Waals surface area contributed by atoms with Crippen LogP contribution in [0.15, 0.2) is 37.1 Å². The van der Waals surface area contributed by atoms with Gasteiger partial charge in [-0.1, -0.05) is 0 Å². The molecule has 0 aliphatic heterocycles. The van der Waals surface area contributed by atoms with Crippen molar-refractivity contribution in [2.45, 2.75) is 43.8 Å². The normalized spacial score (nSPS) is 20.3. The number of rotatable bonds is 9. The Morgan fingerprint density at radius 1 is 1.32 bits per heavy atom. The van der Waals surface area contributed by atoms with Crippen LogP contribution < -0.4 is 10.0 Å². The maximum absolute atomic E-state index is 13.2. The Hall–Kier alpha value is -3.34. The van der Waals surface area contributed by atoms with E-state index in [1.165, 1.54) is 43.4 Å². The van der Waals surface area contributed by atoms with E-state index in [1.807, 2.05) is 4.72 Å². The number of aryl methyl sites for hydroxylation is 1. The Balaban J connectivity index is 1.46. The summed E-state index contributed by atoms with van der Waals surface area (Å²) in [5, 5.41) is 17.1. The Bertz CT molecular complexity index is 1390. The average Bonchev–Trinajstić information content (AvgIpc) is 3.53. The molecule has 200 valence electrons. The van der Waals surface area contributed by atoms with Crippen molar-refractivity contribution in [3.05, 3.63) is 59.6 Å². The van der Waals surface area contributed by atoms with E-state index in [2.05, 4.69) is 20.4 Å². The van der Waals surface area contributed by atoms with Gasteiger partial charge in [-0.05, 0) is 25.0 Å². The van der Waals surface area contributed by atoms with Gasteiger partial charge in [0.15, 0.2) is 5.78 Å². The highest BCUT2D eigenvalue weighted by Gasteiger charge is 2.37. The van der Waals surface area contributed by atoms with Crippen LogP contribution in [0.4, 0.5) is 19.0 Å². The molecule has 37 heavy (non-hydrogen) atoms. The van der Waals surface area contributed by atoms with Gasteiger partial charge in [0.2, 0.25) is 0 Å². The fourth-order valence-electron chi connectivity index (χ4n) is 4.10. The van der Waals surface area contributed by atoms with Crippen molar-refractivity contribution in [2.75, 3.05) is 12.4 Å². The highest BCUT2D eigenvalue weighted by atomic mass is 32.2. The van der Waals surface area contributed by atoms with E-state index >= 15 is 0 Å². The number of aliphatic hydroxyl groups excluding tert-OH is 1. The van der Waals surface area contributed by atoms with Gasteiger partial charge >= 0.3 is 16.5 Å². The molecule has 16 heteroatoms. The van der Waals surface area contributed by atoms with Gasteiger partial charge < -0.3 is 15.0 Å². The minimum Gasteiger partial charge on any atom is -0.390 e. The molecule has 4 rings (SSSR count). The van der Waals surface area contributed by atoms with Gasteiger partial charge in [0.05, 0.1) is 23.9 Å². The van der Waals surface area contributed by atoms with Gasteiger partial charge in [0.25, 0.3) is 0 Å². The predicted octanol–water partition coefficient (Wildman–Crippen LogP) is 1.09. The van der Waals surface area contributed by atoms with E-state index in [4.69, 9.17) is 4.18 Å². The second-order valence-electron chi connectivity index (χ2n) is 8.50. The molecular formula is C21H24F3N7O5S. The molecule has 0 bridgehead atoms. The SMILES string of the molecule is CNS(=O)(=O)O[C@@H]1C[C@H](Nc2ncncc2C(=O)c2ccn(Cc3cc(C(F)(F)F)n(C)n3)c2)C[C@@H]1O. The number of aromatic nitrogens is 5. The Morgan fingerprint density at radius 3 is 2.76 bits per heavy atom. The maximum Gasteiger partial charge on any atom is 0.433 e. The minimum absolute atomic E-state index is 0.0183. The van der Waals surface area contributed by atoms with Gasteiger partial charge in [-0.3, -0.25) is 13.7 Å². The molecule has 3 aromatic rings. The van der Waals surface area contributed by atoms with Crippen molar-refractivity contribution in [3.63, 3.8) is 0 Å². The second kappa shape index (κ2) is 10.2. The zero-order chi connectivity index (χ0) is 27.0. The fraction of sp³-hybridized carbons (Fsp3) is 0.429. The lowest BCUT2D eigenvalue weighted by Gasteiger charge is -2.15. The standard InChI is InChI=1S/C21H24F3N7O5S/c1-25-37(34,35)36-17-6-13(5-16(17)32)28-20-15(8-26-11-27-20)19(33)12-3-4-31(9-12)10-14-7-18(21(22,23)24)30(2)29-14/h3-4,7-9,11,13,16-17,25,32H,5-6,10H2,1-2H3,(H,26,27,28)/t13-,16+,17-/m1/s1. The first-order valence-electron chi connectivity index (χ1n) is 11.0. The molecule has 0 amide bonds. The summed E-state index contributed by atoms with van der Waals surface area (Å²) in [4.78, 5) is 21.2. The van der Waals surface area contributed by atoms with E-state index in [0.29, 0.717) is 0 Å². The first-order chi connectivity index (χ1) is 17.4. The smallest absolute Gasteiger partial charge is 0.390 e. The summed E-state index contributed by atoms with van der Waals surface area (Å²) in [7, 11) is -1.60. The molecule has 0 saturated heterocycles. The van der Waals surface area contributed by atoms with Crippen LogP contribution in [0, 0.1) is 0 Å². The molecule has 0 aromatic carbocycles. The minimum atomic E-state index is -4.53. The zero-order valence-electron chi connectivity index (χ0n) is 19.7. The highest BCUT2D eigenvalue weighted by molar-refractivity contribution is 7.84. The molecule has 3 atom stereocenters. The van der Waals surface area contributed by atoms with Crippen molar-refractivity contribution >= 4 is 21.9 Å². The highest BCUT2D eigenvalue weighted by Crippen LogP contribution is 2.30. The van der Waals surface area contributed by atoms with E-state index in [0.717, 1.165) is 10.7 Å². The number of carbonyl (C=O) groups excluding carboxylic acids is 1. The summed E-state index contributed by atoms with van der Waals surface area (Å²) in [5.74, 6) is -0.260. The lowest BCUT2D eigenvalue weighted by atomic mass is 10.1. The molecule has 1 aliphatic rings. The first kappa shape index (κ1) is 26.7. The molecular weight excluding hydrogens is 519 g/mol. The fourth-order valence-corrected chi connectivity index (χ4v) is 4.73. The third-order valence-electron chi connectivity index (χ3n) is 5.85. The summed E-state index contributed by atoms with van der Waals surface area (Å²) in [6, 6.07) is 2.02. The average molecular weight is 544 g/mol. The number of hydrogen-bond donors (Lipinski definition) is 3. The maximum atomic E-state index is 13.2. The number of nitrogens with one attached hydrogen (secondary N) is 2. The van der Waals surface area contributed by atoms with Crippen molar-refractivity contribution in [1.29, 1.82) is 0 Å². The quantitative estimate of drug-likeness (QED) is 0.337. The lowest BCUT2D eigenvalue weighted by Crippen LogP contribution is -2.31. The van der Waals surface area contributed by atoms with Crippen LogP contribution in [-0.2, 0) is 34.3 Å². The zero-order valence-corrected chi connectivity index (χ0v) is 20.5. The molecule has 3 heterocycles. The molecule has 0 spiro atoms. The number of hydrogen-bond acceptors (Lipinski definition) is 9.